The smallest absolute Gasteiger partial charge is 0.120 e. The molecule has 2 aliphatic rings. The van der Waals surface area contributed by atoms with E-state index in [4.69, 9.17) is 4.74 Å². The van der Waals surface area contributed by atoms with Crippen LogP contribution in [0, 0.1) is 32.6 Å². The SMILES string of the molecule is Cc1cccc(C)c1-c1cccc(COc2ccc3c(c2)CC2C(C)C32)c1C. The zero-order chi connectivity index (χ0) is 19.4. The van der Waals surface area contributed by atoms with E-state index in [1.54, 1.807) is 5.56 Å². The highest BCUT2D eigenvalue weighted by molar-refractivity contribution is 5.74. The van der Waals surface area contributed by atoms with Gasteiger partial charge in [0.2, 0.25) is 0 Å². The molecule has 0 bridgehead atoms. The van der Waals surface area contributed by atoms with Crippen LogP contribution in [0.5, 0.6) is 5.75 Å². The van der Waals surface area contributed by atoms with Crippen molar-refractivity contribution < 1.29 is 4.74 Å². The Kier molecular flexibility index (Phi) is 4.08. The van der Waals surface area contributed by atoms with Crippen molar-refractivity contribution in [3.63, 3.8) is 0 Å². The minimum Gasteiger partial charge on any atom is -0.489 e. The Morgan fingerprint density at radius 2 is 1.68 bits per heavy atom. The molecule has 2 aliphatic carbocycles. The van der Waals surface area contributed by atoms with Crippen molar-refractivity contribution in [2.45, 2.75) is 46.6 Å². The Bertz CT molecular complexity index is 1040. The maximum Gasteiger partial charge on any atom is 0.120 e. The Morgan fingerprint density at radius 3 is 2.46 bits per heavy atom. The third kappa shape index (κ3) is 2.76. The van der Waals surface area contributed by atoms with E-state index in [2.05, 4.69) is 82.3 Å². The molecule has 3 aromatic rings. The molecule has 0 saturated heterocycles. The fraction of sp³-hybridized carbons (Fsp3) is 0.333. The lowest BCUT2D eigenvalue weighted by Crippen LogP contribution is -2.01. The second-order valence-corrected chi connectivity index (χ2v) is 8.76. The van der Waals surface area contributed by atoms with Crippen LogP contribution in [-0.4, -0.2) is 0 Å². The average molecular weight is 369 g/mol. The van der Waals surface area contributed by atoms with Crippen LogP contribution in [0.15, 0.2) is 54.6 Å². The summed E-state index contributed by atoms with van der Waals surface area (Å²) in [6, 6.07) is 19.9. The van der Waals surface area contributed by atoms with E-state index in [0.717, 1.165) is 23.5 Å². The van der Waals surface area contributed by atoms with Gasteiger partial charge in [-0.25, -0.2) is 0 Å². The van der Waals surface area contributed by atoms with Crippen LogP contribution in [-0.2, 0) is 13.0 Å². The molecule has 0 amide bonds. The maximum absolute atomic E-state index is 6.23. The van der Waals surface area contributed by atoms with Crippen molar-refractivity contribution in [2.75, 3.05) is 0 Å². The number of benzene rings is 3. The monoisotopic (exact) mass is 368 g/mol. The number of aryl methyl sites for hydroxylation is 2. The highest BCUT2D eigenvalue weighted by atomic mass is 16.5. The quantitative estimate of drug-likeness (QED) is 0.494. The molecule has 0 spiro atoms. The first-order valence-electron chi connectivity index (χ1n) is 10.5. The Balaban J connectivity index is 1.38. The molecule has 1 fully saturated rings. The number of rotatable bonds is 4. The Hall–Kier alpha value is -2.54. The van der Waals surface area contributed by atoms with Crippen molar-refractivity contribution >= 4 is 0 Å². The minimum absolute atomic E-state index is 0.618. The van der Waals surface area contributed by atoms with Gasteiger partial charge in [0.1, 0.15) is 12.4 Å². The predicted octanol–water partition coefficient (Wildman–Crippen LogP) is 6.76. The van der Waals surface area contributed by atoms with Gasteiger partial charge in [0.25, 0.3) is 0 Å². The normalized spacial score (nSPS) is 21.9. The number of hydrogen-bond donors (Lipinski definition) is 0. The van der Waals surface area contributed by atoms with Crippen LogP contribution in [0.1, 0.15) is 46.2 Å². The first-order valence-corrected chi connectivity index (χ1v) is 10.5. The average Bonchev–Trinajstić information content (AvgIpc) is 3.13. The molecule has 0 heterocycles. The third-order valence-electron chi connectivity index (χ3n) is 7.08. The van der Waals surface area contributed by atoms with Crippen molar-refractivity contribution in [1.82, 2.24) is 0 Å². The minimum atomic E-state index is 0.618. The number of hydrogen-bond acceptors (Lipinski definition) is 1. The largest absolute Gasteiger partial charge is 0.489 e. The molecule has 3 aromatic carbocycles. The van der Waals surface area contributed by atoms with Gasteiger partial charge >= 0.3 is 0 Å². The summed E-state index contributed by atoms with van der Waals surface area (Å²) in [5.41, 5.74) is 11.0. The van der Waals surface area contributed by atoms with Crippen molar-refractivity contribution in [2.24, 2.45) is 11.8 Å². The number of ether oxygens (including phenoxy) is 1. The molecule has 5 rings (SSSR count). The van der Waals surface area contributed by atoms with Gasteiger partial charge in [0.15, 0.2) is 0 Å². The molecule has 1 saturated carbocycles. The summed E-state index contributed by atoms with van der Waals surface area (Å²) >= 11 is 0. The van der Waals surface area contributed by atoms with Crippen molar-refractivity contribution in [3.05, 3.63) is 88.0 Å². The van der Waals surface area contributed by atoms with Crippen LogP contribution in [0.2, 0.25) is 0 Å². The summed E-state index contributed by atoms with van der Waals surface area (Å²) in [5.74, 6) is 3.60. The van der Waals surface area contributed by atoms with Crippen LogP contribution < -0.4 is 4.74 Å². The summed E-state index contributed by atoms with van der Waals surface area (Å²) in [6.45, 7) is 9.61. The van der Waals surface area contributed by atoms with Gasteiger partial charge in [-0.15, -0.1) is 0 Å². The third-order valence-corrected chi connectivity index (χ3v) is 7.08. The molecule has 28 heavy (non-hydrogen) atoms. The fourth-order valence-electron chi connectivity index (χ4n) is 5.31. The Labute approximate surface area is 168 Å². The molecule has 0 radical (unpaired) electrons. The molecule has 0 aromatic heterocycles. The lowest BCUT2D eigenvalue weighted by atomic mass is 9.91. The lowest BCUT2D eigenvalue weighted by molar-refractivity contribution is 0.305. The molecule has 3 unspecified atom stereocenters. The van der Waals surface area contributed by atoms with Crippen molar-refractivity contribution in [3.8, 4) is 16.9 Å². The summed E-state index contributed by atoms with van der Waals surface area (Å²) in [4.78, 5) is 0. The topological polar surface area (TPSA) is 9.23 Å². The van der Waals surface area contributed by atoms with E-state index in [1.165, 1.54) is 45.4 Å². The van der Waals surface area contributed by atoms with Gasteiger partial charge in [0, 0.05) is 0 Å². The summed E-state index contributed by atoms with van der Waals surface area (Å²) in [6.07, 6.45) is 1.24. The standard InChI is InChI=1S/C27H28O/c1-16-7-5-8-17(2)26(16)23-10-6-9-20(18(23)3)15-28-22-11-12-24-21(13-22)14-25-19(4)27(24)25/h5-13,19,25,27H,14-15H2,1-4H3. The van der Waals surface area contributed by atoms with Crippen molar-refractivity contribution in [1.29, 1.82) is 0 Å². The Morgan fingerprint density at radius 1 is 0.929 bits per heavy atom. The van der Waals surface area contributed by atoms with E-state index in [-0.39, 0.29) is 0 Å². The van der Waals surface area contributed by atoms with Crippen LogP contribution in [0.25, 0.3) is 11.1 Å². The van der Waals surface area contributed by atoms with E-state index >= 15 is 0 Å². The summed E-state index contributed by atoms with van der Waals surface area (Å²) < 4.78 is 6.23. The molecular weight excluding hydrogens is 340 g/mol. The van der Waals surface area contributed by atoms with Gasteiger partial charge in [-0.05, 0) is 102 Å². The molecule has 1 heteroatoms. The molecule has 3 atom stereocenters. The van der Waals surface area contributed by atoms with Gasteiger partial charge < -0.3 is 4.74 Å². The zero-order valence-electron chi connectivity index (χ0n) is 17.3. The number of fused-ring (bicyclic) bond motifs is 3. The van der Waals surface area contributed by atoms with Crippen LogP contribution in [0.3, 0.4) is 0 Å². The molecule has 142 valence electrons. The molecular formula is C27H28O. The fourth-order valence-corrected chi connectivity index (χ4v) is 5.31. The van der Waals surface area contributed by atoms with Gasteiger partial charge in [-0.2, -0.15) is 0 Å². The zero-order valence-corrected chi connectivity index (χ0v) is 17.3. The summed E-state index contributed by atoms with van der Waals surface area (Å²) in [5, 5.41) is 0. The van der Waals surface area contributed by atoms with Gasteiger partial charge in [0.05, 0.1) is 0 Å². The first-order chi connectivity index (χ1) is 13.5. The predicted molar refractivity (Wildman–Crippen MR) is 116 cm³/mol. The van der Waals surface area contributed by atoms with Crippen LogP contribution in [0.4, 0.5) is 0 Å². The molecule has 0 aliphatic heterocycles. The lowest BCUT2D eigenvalue weighted by Gasteiger charge is -2.16. The highest BCUT2D eigenvalue weighted by Crippen LogP contribution is 2.61. The van der Waals surface area contributed by atoms with E-state index < -0.39 is 0 Å². The second kappa shape index (κ2) is 6.51. The van der Waals surface area contributed by atoms with E-state index in [9.17, 15) is 0 Å². The molecule has 1 nitrogen and oxygen atoms in total. The van der Waals surface area contributed by atoms with Gasteiger partial charge in [-0.3, -0.25) is 0 Å². The van der Waals surface area contributed by atoms with Crippen LogP contribution >= 0.6 is 0 Å². The van der Waals surface area contributed by atoms with E-state index in [0.29, 0.717) is 6.61 Å². The highest BCUT2D eigenvalue weighted by Gasteiger charge is 2.52. The maximum atomic E-state index is 6.23. The summed E-state index contributed by atoms with van der Waals surface area (Å²) in [7, 11) is 0. The van der Waals surface area contributed by atoms with E-state index in [1.807, 2.05) is 0 Å². The first kappa shape index (κ1) is 17.6. The molecule has 0 N–H and O–H groups in total. The van der Waals surface area contributed by atoms with Gasteiger partial charge in [-0.1, -0.05) is 49.4 Å². The second-order valence-electron chi connectivity index (χ2n) is 8.76.